The molecule has 0 spiro atoms. The molecule has 8 heteroatoms. The Morgan fingerprint density at radius 1 is 1.03 bits per heavy atom. The van der Waals surface area contributed by atoms with Crippen molar-refractivity contribution in [1.82, 2.24) is 9.36 Å². The Labute approximate surface area is 176 Å². The fraction of sp³-hybridized carbons (Fsp3) is 0.0952. The molecule has 0 aliphatic carbocycles. The number of nitrogens with zero attached hydrogens (tertiary/aromatic N) is 3. The highest BCUT2D eigenvalue weighted by molar-refractivity contribution is 8.27. The quantitative estimate of drug-likeness (QED) is 0.470. The molecule has 0 radical (unpaired) electrons. The molecule has 3 aromatic rings. The van der Waals surface area contributed by atoms with Crippen LogP contribution in [0.2, 0.25) is 0 Å². The highest BCUT2D eigenvalue weighted by Gasteiger charge is 2.37. The Hall–Kier alpha value is -2.97. The largest absolute Gasteiger partial charge is 0.296 e. The first-order valence-electron chi connectivity index (χ1n) is 8.76. The lowest BCUT2D eigenvalue weighted by Gasteiger charge is -2.12. The lowest BCUT2D eigenvalue weighted by atomic mass is 10.2. The number of thiocarbonyl (C=S) groups is 1. The van der Waals surface area contributed by atoms with E-state index in [9.17, 15) is 14.0 Å². The third kappa shape index (κ3) is 3.24. The molecule has 1 aromatic heterocycles. The van der Waals surface area contributed by atoms with Crippen molar-refractivity contribution < 1.29 is 9.18 Å². The van der Waals surface area contributed by atoms with E-state index in [-0.39, 0.29) is 20.5 Å². The van der Waals surface area contributed by atoms with Gasteiger partial charge in [0.05, 0.1) is 16.3 Å². The van der Waals surface area contributed by atoms with Crippen molar-refractivity contribution in [2.45, 2.75) is 6.92 Å². The Bertz CT molecular complexity index is 1230. The summed E-state index contributed by atoms with van der Waals surface area (Å²) in [6.07, 6.45) is 1.46. The summed E-state index contributed by atoms with van der Waals surface area (Å²) in [7, 11) is 1.75. The smallest absolute Gasteiger partial charge is 0.283 e. The maximum absolute atomic E-state index is 14.0. The molecule has 29 heavy (non-hydrogen) atoms. The summed E-state index contributed by atoms with van der Waals surface area (Å²) in [5.41, 5.74) is 1.43. The zero-order chi connectivity index (χ0) is 20.7. The summed E-state index contributed by atoms with van der Waals surface area (Å²) in [6, 6.07) is 15.3. The molecule has 0 bridgehead atoms. The van der Waals surface area contributed by atoms with Gasteiger partial charge in [-0.1, -0.05) is 60.4 Å². The maximum Gasteiger partial charge on any atom is 0.296 e. The van der Waals surface area contributed by atoms with Crippen LogP contribution in [0.5, 0.6) is 0 Å². The Kier molecular flexibility index (Phi) is 4.97. The van der Waals surface area contributed by atoms with Crippen LogP contribution in [0.15, 0.2) is 64.3 Å². The molecule has 2 aromatic carbocycles. The van der Waals surface area contributed by atoms with Crippen LogP contribution in [0.25, 0.3) is 11.8 Å². The molecular formula is C21H16FN3O2S2. The van der Waals surface area contributed by atoms with E-state index >= 15 is 0 Å². The van der Waals surface area contributed by atoms with Crippen molar-refractivity contribution in [2.75, 3.05) is 4.90 Å². The van der Waals surface area contributed by atoms with Gasteiger partial charge in [-0.15, -0.1) is 0 Å². The molecular weight excluding hydrogens is 409 g/mol. The number of para-hydroxylation sites is 1. The number of rotatable bonds is 3. The lowest BCUT2D eigenvalue weighted by Crippen LogP contribution is -2.33. The molecule has 0 unspecified atom stereocenters. The molecule has 1 amide bonds. The van der Waals surface area contributed by atoms with Crippen LogP contribution in [-0.2, 0) is 11.8 Å². The Morgan fingerprint density at radius 2 is 1.69 bits per heavy atom. The Balaban J connectivity index is 1.80. The first-order chi connectivity index (χ1) is 13.9. The highest BCUT2D eigenvalue weighted by Crippen LogP contribution is 2.36. The number of amides is 1. The van der Waals surface area contributed by atoms with Gasteiger partial charge in [0.25, 0.3) is 11.5 Å². The van der Waals surface area contributed by atoms with Crippen molar-refractivity contribution in [3.63, 3.8) is 0 Å². The van der Waals surface area contributed by atoms with Crippen molar-refractivity contribution in [3.8, 4) is 5.69 Å². The number of carbonyl (C=O) groups excluding carboxylic acids is 1. The molecule has 1 saturated heterocycles. The lowest BCUT2D eigenvalue weighted by molar-refractivity contribution is -0.113. The van der Waals surface area contributed by atoms with Crippen LogP contribution in [0.1, 0.15) is 11.3 Å². The zero-order valence-electron chi connectivity index (χ0n) is 15.6. The number of benzene rings is 2. The number of thioether (sulfide) groups is 1. The topological polar surface area (TPSA) is 47.2 Å². The SMILES string of the molecule is Cc1c(N2C(=O)/C(=C/c3ccccc3F)SC2=S)c(=O)n(-c2ccccc2)n1C. The van der Waals surface area contributed by atoms with Gasteiger partial charge in [0, 0.05) is 12.6 Å². The van der Waals surface area contributed by atoms with Crippen LogP contribution in [0, 0.1) is 12.7 Å². The van der Waals surface area contributed by atoms with Crippen molar-refractivity contribution in [3.05, 3.63) is 86.9 Å². The summed E-state index contributed by atoms with van der Waals surface area (Å²) in [5.74, 6) is -0.866. The number of hydrogen-bond donors (Lipinski definition) is 0. The van der Waals surface area contributed by atoms with Gasteiger partial charge in [0.15, 0.2) is 4.32 Å². The summed E-state index contributed by atoms with van der Waals surface area (Å²) in [5, 5.41) is 0. The predicted octanol–water partition coefficient (Wildman–Crippen LogP) is 4.03. The third-order valence-electron chi connectivity index (χ3n) is 4.73. The number of hydrogen-bond acceptors (Lipinski definition) is 4. The normalized spacial score (nSPS) is 15.6. The summed E-state index contributed by atoms with van der Waals surface area (Å²) < 4.78 is 17.4. The van der Waals surface area contributed by atoms with Gasteiger partial charge < -0.3 is 0 Å². The molecule has 0 saturated carbocycles. The fourth-order valence-electron chi connectivity index (χ4n) is 3.21. The van der Waals surface area contributed by atoms with Crippen molar-refractivity contribution in [1.29, 1.82) is 0 Å². The molecule has 146 valence electrons. The van der Waals surface area contributed by atoms with E-state index in [1.54, 1.807) is 36.9 Å². The van der Waals surface area contributed by atoms with Crippen LogP contribution in [0.4, 0.5) is 10.1 Å². The molecule has 5 nitrogen and oxygen atoms in total. The second-order valence-corrected chi connectivity index (χ2v) is 8.12. The van der Waals surface area contributed by atoms with Crippen LogP contribution in [0.3, 0.4) is 0 Å². The minimum absolute atomic E-state index is 0.204. The highest BCUT2D eigenvalue weighted by atomic mass is 32.2. The van der Waals surface area contributed by atoms with E-state index in [1.165, 1.54) is 21.7 Å². The van der Waals surface area contributed by atoms with E-state index in [0.717, 1.165) is 11.8 Å². The predicted molar refractivity (Wildman–Crippen MR) is 118 cm³/mol. The van der Waals surface area contributed by atoms with Gasteiger partial charge >= 0.3 is 0 Å². The minimum atomic E-state index is -0.436. The molecule has 1 fully saturated rings. The maximum atomic E-state index is 14.0. The van der Waals surface area contributed by atoms with Crippen LogP contribution < -0.4 is 10.5 Å². The van der Waals surface area contributed by atoms with Gasteiger partial charge in [0.2, 0.25) is 0 Å². The molecule has 1 aliphatic rings. The monoisotopic (exact) mass is 425 g/mol. The summed E-state index contributed by atoms with van der Waals surface area (Å²) in [6.45, 7) is 1.76. The minimum Gasteiger partial charge on any atom is -0.283 e. The second kappa shape index (κ2) is 7.46. The van der Waals surface area contributed by atoms with E-state index < -0.39 is 11.7 Å². The summed E-state index contributed by atoms with van der Waals surface area (Å²) >= 11 is 6.44. The van der Waals surface area contributed by atoms with Crippen LogP contribution >= 0.6 is 24.0 Å². The summed E-state index contributed by atoms with van der Waals surface area (Å²) in [4.78, 5) is 27.8. The zero-order valence-corrected chi connectivity index (χ0v) is 17.3. The molecule has 2 heterocycles. The average Bonchev–Trinajstić information content (AvgIpc) is 3.10. The number of aromatic nitrogens is 2. The number of carbonyl (C=O) groups is 1. The van der Waals surface area contributed by atoms with Crippen LogP contribution in [-0.4, -0.2) is 19.6 Å². The van der Waals surface area contributed by atoms with E-state index in [1.807, 2.05) is 30.3 Å². The molecule has 4 rings (SSSR count). The fourth-order valence-corrected chi connectivity index (χ4v) is 4.47. The number of halogens is 1. The van der Waals surface area contributed by atoms with E-state index in [4.69, 9.17) is 12.2 Å². The third-order valence-corrected chi connectivity index (χ3v) is 6.04. The van der Waals surface area contributed by atoms with Gasteiger partial charge in [-0.2, -0.15) is 0 Å². The molecule has 0 atom stereocenters. The first kappa shape index (κ1) is 19.4. The first-order valence-corrected chi connectivity index (χ1v) is 9.99. The van der Waals surface area contributed by atoms with Gasteiger partial charge in [-0.25, -0.2) is 9.07 Å². The van der Waals surface area contributed by atoms with E-state index in [2.05, 4.69) is 0 Å². The second-order valence-electron chi connectivity index (χ2n) is 6.45. The molecule has 1 aliphatic heterocycles. The number of anilines is 1. The van der Waals surface area contributed by atoms with E-state index in [0.29, 0.717) is 16.9 Å². The van der Waals surface area contributed by atoms with Gasteiger partial charge in [-0.3, -0.25) is 19.2 Å². The van der Waals surface area contributed by atoms with Crippen molar-refractivity contribution >= 4 is 46.0 Å². The van der Waals surface area contributed by atoms with Crippen molar-refractivity contribution in [2.24, 2.45) is 7.05 Å². The average molecular weight is 426 g/mol. The standard InChI is InChI=1S/C21H16FN3O2S2/c1-13-18(20(27)25(23(13)2)15-9-4-3-5-10-15)24-19(26)17(29-21(24)28)12-14-8-6-7-11-16(14)22/h3-12H,1-2H3/b17-12-. The molecule has 0 N–H and O–H groups in total. The van der Waals surface area contributed by atoms with Gasteiger partial charge in [0.1, 0.15) is 11.5 Å². The van der Waals surface area contributed by atoms with Gasteiger partial charge in [-0.05, 0) is 31.2 Å². The Morgan fingerprint density at radius 3 is 2.38 bits per heavy atom.